The second-order valence-electron chi connectivity index (χ2n) is 4.20. The van der Waals surface area contributed by atoms with Gasteiger partial charge in [-0.1, -0.05) is 17.7 Å². The van der Waals surface area contributed by atoms with Crippen LogP contribution in [0.25, 0.3) is 0 Å². The van der Waals surface area contributed by atoms with E-state index in [1.165, 1.54) is 10.6 Å². The van der Waals surface area contributed by atoms with Crippen molar-refractivity contribution in [3.8, 4) is 0 Å². The molecule has 1 amide bonds. The first kappa shape index (κ1) is 14.1. The summed E-state index contributed by atoms with van der Waals surface area (Å²) in [6.45, 7) is 2.38. The molecule has 2 aromatic rings. The van der Waals surface area contributed by atoms with Crippen LogP contribution in [-0.4, -0.2) is 10.5 Å². The van der Waals surface area contributed by atoms with E-state index < -0.39 is 0 Å². The van der Waals surface area contributed by atoms with Gasteiger partial charge in [-0.15, -0.1) is 0 Å². The standard InChI is InChI=1S/C14H14ClN3O2/c1-2-18-8-9(6-7-12(18)19)17-14(20)10-4-3-5-11(16)13(10)15/h3-8H,2,16H2,1H3,(H,17,20). The van der Waals surface area contributed by atoms with E-state index in [9.17, 15) is 9.59 Å². The number of nitrogens with two attached hydrogens (primary N) is 1. The molecule has 104 valence electrons. The van der Waals surface area contributed by atoms with Crippen molar-refractivity contribution in [3.05, 3.63) is 57.5 Å². The molecule has 5 nitrogen and oxygen atoms in total. The Labute approximate surface area is 121 Å². The summed E-state index contributed by atoms with van der Waals surface area (Å²) in [6, 6.07) is 7.82. The van der Waals surface area contributed by atoms with Gasteiger partial charge in [0.05, 0.1) is 22.0 Å². The van der Waals surface area contributed by atoms with Crippen molar-refractivity contribution in [1.82, 2.24) is 4.57 Å². The summed E-state index contributed by atoms with van der Waals surface area (Å²) in [5, 5.41) is 2.91. The highest BCUT2D eigenvalue weighted by atomic mass is 35.5. The van der Waals surface area contributed by atoms with Crippen molar-refractivity contribution < 1.29 is 4.79 Å². The van der Waals surface area contributed by atoms with Gasteiger partial charge in [0, 0.05) is 18.8 Å². The highest BCUT2D eigenvalue weighted by Crippen LogP contribution is 2.23. The van der Waals surface area contributed by atoms with Gasteiger partial charge in [0.25, 0.3) is 11.5 Å². The van der Waals surface area contributed by atoms with E-state index >= 15 is 0 Å². The van der Waals surface area contributed by atoms with Gasteiger partial charge in [-0.05, 0) is 25.1 Å². The number of carbonyl (C=O) groups excluding carboxylic acids is 1. The molecule has 0 atom stereocenters. The number of hydrogen-bond donors (Lipinski definition) is 2. The van der Waals surface area contributed by atoms with E-state index in [1.807, 2.05) is 6.92 Å². The minimum atomic E-state index is -0.372. The Morgan fingerprint density at radius 3 is 2.80 bits per heavy atom. The van der Waals surface area contributed by atoms with Crippen LogP contribution in [0.3, 0.4) is 0 Å². The summed E-state index contributed by atoms with van der Waals surface area (Å²) in [6.07, 6.45) is 1.58. The number of halogens is 1. The number of nitrogen functional groups attached to an aromatic ring is 1. The van der Waals surface area contributed by atoms with Crippen LogP contribution in [0.1, 0.15) is 17.3 Å². The molecule has 20 heavy (non-hydrogen) atoms. The lowest BCUT2D eigenvalue weighted by Crippen LogP contribution is -2.20. The zero-order valence-corrected chi connectivity index (χ0v) is 11.6. The molecule has 2 rings (SSSR count). The van der Waals surface area contributed by atoms with E-state index in [0.717, 1.165) is 0 Å². The molecule has 1 aromatic heterocycles. The lowest BCUT2D eigenvalue weighted by molar-refractivity contribution is 0.102. The van der Waals surface area contributed by atoms with Crippen LogP contribution < -0.4 is 16.6 Å². The lowest BCUT2D eigenvalue weighted by atomic mass is 10.2. The molecule has 1 aromatic carbocycles. The van der Waals surface area contributed by atoms with Gasteiger partial charge < -0.3 is 15.6 Å². The van der Waals surface area contributed by atoms with Crippen LogP contribution in [0, 0.1) is 0 Å². The third-order valence-corrected chi connectivity index (χ3v) is 3.28. The minimum absolute atomic E-state index is 0.118. The predicted molar refractivity (Wildman–Crippen MR) is 80.2 cm³/mol. The molecule has 0 aliphatic carbocycles. The summed E-state index contributed by atoms with van der Waals surface area (Å²) in [4.78, 5) is 23.6. The van der Waals surface area contributed by atoms with E-state index in [2.05, 4.69) is 5.32 Å². The first-order chi connectivity index (χ1) is 9.52. The quantitative estimate of drug-likeness (QED) is 0.852. The van der Waals surface area contributed by atoms with Gasteiger partial charge in [-0.25, -0.2) is 0 Å². The summed E-state index contributed by atoms with van der Waals surface area (Å²) in [7, 11) is 0. The van der Waals surface area contributed by atoms with Crippen LogP contribution in [0.15, 0.2) is 41.3 Å². The first-order valence-electron chi connectivity index (χ1n) is 6.08. The van der Waals surface area contributed by atoms with Crippen LogP contribution in [0.2, 0.25) is 5.02 Å². The maximum atomic E-state index is 12.1. The number of amides is 1. The molecule has 0 aliphatic heterocycles. The van der Waals surface area contributed by atoms with Crippen molar-refractivity contribution in [2.24, 2.45) is 0 Å². The lowest BCUT2D eigenvalue weighted by Gasteiger charge is -2.09. The smallest absolute Gasteiger partial charge is 0.257 e. The molecular formula is C14H14ClN3O2. The Kier molecular flexibility index (Phi) is 4.10. The molecule has 1 heterocycles. The molecule has 3 N–H and O–H groups in total. The van der Waals surface area contributed by atoms with E-state index in [0.29, 0.717) is 23.5 Å². The average Bonchev–Trinajstić information content (AvgIpc) is 2.43. The number of carbonyl (C=O) groups is 1. The Bertz CT molecular complexity index is 710. The minimum Gasteiger partial charge on any atom is -0.398 e. The fraction of sp³-hybridized carbons (Fsp3) is 0.143. The normalized spacial score (nSPS) is 10.3. The van der Waals surface area contributed by atoms with Crippen LogP contribution in [0.5, 0.6) is 0 Å². The van der Waals surface area contributed by atoms with Gasteiger partial charge in [0.1, 0.15) is 0 Å². The number of anilines is 2. The maximum absolute atomic E-state index is 12.1. The number of aryl methyl sites for hydroxylation is 1. The Morgan fingerprint density at radius 1 is 1.35 bits per heavy atom. The SMILES string of the molecule is CCn1cc(NC(=O)c2cccc(N)c2Cl)ccc1=O. The molecule has 0 radical (unpaired) electrons. The fourth-order valence-electron chi connectivity index (χ4n) is 1.78. The molecule has 0 spiro atoms. The second-order valence-corrected chi connectivity index (χ2v) is 4.58. The van der Waals surface area contributed by atoms with E-state index in [-0.39, 0.29) is 16.5 Å². The number of aromatic nitrogens is 1. The van der Waals surface area contributed by atoms with Crippen molar-refractivity contribution >= 4 is 28.9 Å². The fourth-order valence-corrected chi connectivity index (χ4v) is 1.99. The largest absolute Gasteiger partial charge is 0.398 e. The molecule has 6 heteroatoms. The molecule has 0 unspecified atom stereocenters. The zero-order chi connectivity index (χ0) is 14.7. The predicted octanol–water partition coefficient (Wildman–Crippen LogP) is 2.36. The highest BCUT2D eigenvalue weighted by molar-refractivity contribution is 6.36. The number of hydrogen-bond acceptors (Lipinski definition) is 3. The Balaban J connectivity index is 2.28. The van der Waals surface area contributed by atoms with Gasteiger partial charge >= 0.3 is 0 Å². The third kappa shape index (κ3) is 2.83. The highest BCUT2D eigenvalue weighted by Gasteiger charge is 2.12. The Hall–Kier alpha value is -2.27. The second kappa shape index (κ2) is 5.79. The topological polar surface area (TPSA) is 77.1 Å². The first-order valence-corrected chi connectivity index (χ1v) is 6.46. The number of nitrogens with one attached hydrogen (secondary N) is 1. The monoisotopic (exact) mass is 291 g/mol. The van der Waals surface area contributed by atoms with Gasteiger partial charge in [0.2, 0.25) is 0 Å². The van der Waals surface area contributed by atoms with Crippen LogP contribution in [0.4, 0.5) is 11.4 Å². The van der Waals surface area contributed by atoms with Crippen molar-refractivity contribution in [3.63, 3.8) is 0 Å². The van der Waals surface area contributed by atoms with Crippen molar-refractivity contribution in [2.75, 3.05) is 11.1 Å². The Morgan fingerprint density at radius 2 is 2.10 bits per heavy atom. The number of pyridine rings is 1. The number of benzene rings is 1. The molecule has 0 bridgehead atoms. The number of rotatable bonds is 3. The summed E-state index contributed by atoms with van der Waals surface area (Å²) < 4.78 is 1.50. The van der Waals surface area contributed by atoms with Gasteiger partial charge in [-0.3, -0.25) is 9.59 Å². The number of nitrogens with zero attached hydrogens (tertiary/aromatic N) is 1. The van der Waals surface area contributed by atoms with Crippen LogP contribution in [-0.2, 0) is 6.54 Å². The molecule has 0 saturated heterocycles. The van der Waals surface area contributed by atoms with Gasteiger partial charge in [0.15, 0.2) is 0 Å². The van der Waals surface area contributed by atoms with E-state index in [4.69, 9.17) is 17.3 Å². The van der Waals surface area contributed by atoms with Crippen molar-refractivity contribution in [2.45, 2.75) is 13.5 Å². The van der Waals surface area contributed by atoms with Crippen LogP contribution >= 0.6 is 11.6 Å². The molecule has 0 fully saturated rings. The zero-order valence-electron chi connectivity index (χ0n) is 10.9. The maximum Gasteiger partial charge on any atom is 0.257 e. The van der Waals surface area contributed by atoms with Gasteiger partial charge in [-0.2, -0.15) is 0 Å². The molecule has 0 aliphatic rings. The molecule has 0 saturated carbocycles. The summed E-state index contributed by atoms with van der Waals surface area (Å²) >= 11 is 6.00. The summed E-state index contributed by atoms with van der Waals surface area (Å²) in [5.74, 6) is -0.372. The third-order valence-electron chi connectivity index (χ3n) is 2.86. The van der Waals surface area contributed by atoms with Crippen molar-refractivity contribution in [1.29, 1.82) is 0 Å². The molecular weight excluding hydrogens is 278 g/mol. The van der Waals surface area contributed by atoms with E-state index in [1.54, 1.807) is 30.5 Å². The summed E-state index contributed by atoms with van der Waals surface area (Å²) in [5.41, 5.74) is 6.70. The average molecular weight is 292 g/mol.